The summed E-state index contributed by atoms with van der Waals surface area (Å²) in [5, 5.41) is 3.89. The lowest BCUT2D eigenvalue weighted by molar-refractivity contribution is -0.0329. The van der Waals surface area contributed by atoms with Crippen LogP contribution in [0, 0.1) is 0 Å². The standard InChI is InChI=1S/C13H15ClF3NOS/c14-11-2-1-3-12(10(11)8-18-9-4-5-9)19-6-7-20-13(15,16)17/h1-3,9,18H,4-8H2. The molecule has 0 unspecified atom stereocenters. The van der Waals surface area contributed by atoms with Gasteiger partial charge in [-0.1, -0.05) is 17.7 Å². The van der Waals surface area contributed by atoms with Crippen molar-refractivity contribution in [3.8, 4) is 5.75 Å². The molecule has 1 aliphatic rings. The molecule has 0 aromatic heterocycles. The largest absolute Gasteiger partial charge is 0.492 e. The number of thioether (sulfide) groups is 1. The molecule has 112 valence electrons. The van der Waals surface area contributed by atoms with E-state index in [4.69, 9.17) is 16.3 Å². The first-order valence-electron chi connectivity index (χ1n) is 6.30. The highest BCUT2D eigenvalue weighted by Crippen LogP contribution is 2.31. The van der Waals surface area contributed by atoms with Gasteiger partial charge in [-0.3, -0.25) is 0 Å². The summed E-state index contributed by atoms with van der Waals surface area (Å²) < 4.78 is 41.5. The van der Waals surface area contributed by atoms with Crippen molar-refractivity contribution >= 4 is 23.4 Å². The number of hydrogen-bond acceptors (Lipinski definition) is 3. The molecule has 1 aliphatic carbocycles. The van der Waals surface area contributed by atoms with Crippen LogP contribution >= 0.6 is 23.4 Å². The summed E-state index contributed by atoms with van der Waals surface area (Å²) >= 11 is 6.03. The first-order chi connectivity index (χ1) is 9.46. The van der Waals surface area contributed by atoms with Crippen LogP contribution in [-0.2, 0) is 6.54 Å². The molecule has 1 aromatic rings. The van der Waals surface area contributed by atoms with E-state index >= 15 is 0 Å². The number of halogens is 4. The molecule has 0 spiro atoms. The van der Waals surface area contributed by atoms with Gasteiger partial charge in [0, 0.05) is 28.9 Å². The summed E-state index contributed by atoms with van der Waals surface area (Å²) in [7, 11) is 0. The minimum atomic E-state index is -4.21. The van der Waals surface area contributed by atoms with Crippen LogP contribution in [0.3, 0.4) is 0 Å². The second-order valence-electron chi connectivity index (χ2n) is 4.51. The van der Waals surface area contributed by atoms with Crippen LogP contribution in [0.4, 0.5) is 13.2 Å². The normalized spacial score (nSPS) is 15.4. The van der Waals surface area contributed by atoms with Gasteiger partial charge in [0.05, 0.1) is 6.61 Å². The van der Waals surface area contributed by atoms with Gasteiger partial charge in [0.25, 0.3) is 0 Å². The highest BCUT2D eigenvalue weighted by Gasteiger charge is 2.27. The summed E-state index contributed by atoms with van der Waals surface area (Å²) in [5.41, 5.74) is -3.41. The van der Waals surface area contributed by atoms with E-state index in [0.717, 1.165) is 18.4 Å². The average Bonchev–Trinajstić information content (AvgIpc) is 3.16. The van der Waals surface area contributed by atoms with Crippen molar-refractivity contribution in [1.29, 1.82) is 0 Å². The molecular formula is C13H15ClF3NOS. The minimum absolute atomic E-state index is 0.000940. The zero-order chi connectivity index (χ0) is 14.6. The Balaban J connectivity index is 1.87. The molecule has 2 nitrogen and oxygen atoms in total. The fourth-order valence-electron chi connectivity index (χ4n) is 1.69. The Morgan fingerprint density at radius 3 is 2.75 bits per heavy atom. The second kappa shape index (κ2) is 6.91. The number of hydrogen-bond donors (Lipinski definition) is 1. The summed E-state index contributed by atoms with van der Waals surface area (Å²) in [4.78, 5) is 0. The Hall–Kier alpha value is -0.590. The van der Waals surface area contributed by atoms with E-state index < -0.39 is 5.51 Å². The molecule has 0 amide bonds. The Kier molecular flexibility index (Phi) is 5.46. The van der Waals surface area contributed by atoms with Gasteiger partial charge in [0.15, 0.2) is 0 Å². The van der Waals surface area contributed by atoms with Crippen LogP contribution in [0.15, 0.2) is 18.2 Å². The third-order valence-corrected chi connectivity index (χ3v) is 3.88. The van der Waals surface area contributed by atoms with Crippen molar-refractivity contribution in [3.05, 3.63) is 28.8 Å². The summed E-state index contributed by atoms with van der Waals surface area (Å²) in [6.45, 7) is 0.576. The minimum Gasteiger partial charge on any atom is -0.492 e. The van der Waals surface area contributed by atoms with Crippen LogP contribution in [-0.4, -0.2) is 23.9 Å². The monoisotopic (exact) mass is 325 g/mol. The number of alkyl halides is 3. The van der Waals surface area contributed by atoms with Crippen LogP contribution in [0.5, 0.6) is 5.75 Å². The zero-order valence-corrected chi connectivity index (χ0v) is 12.2. The predicted octanol–water partition coefficient (Wildman–Crippen LogP) is 4.22. The lowest BCUT2D eigenvalue weighted by Gasteiger charge is -2.14. The number of rotatable bonds is 7. The Morgan fingerprint density at radius 2 is 2.10 bits per heavy atom. The number of nitrogens with one attached hydrogen (secondary N) is 1. The Labute approximate surface area is 125 Å². The molecule has 0 radical (unpaired) electrons. The van der Waals surface area contributed by atoms with Crippen LogP contribution in [0.25, 0.3) is 0 Å². The van der Waals surface area contributed by atoms with Crippen molar-refractivity contribution in [2.24, 2.45) is 0 Å². The fourth-order valence-corrected chi connectivity index (χ4v) is 2.32. The average molecular weight is 326 g/mol. The molecule has 0 atom stereocenters. The van der Waals surface area contributed by atoms with E-state index in [0.29, 0.717) is 23.4 Å². The van der Waals surface area contributed by atoms with Gasteiger partial charge in [-0.15, -0.1) is 0 Å². The van der Waals surface area contributed by atoms with E-state index in [1.807, 2.05) is 0 Å². The smallest absolute Gasteiger partial charge is 0.441 e. The van der Waals surface area contributed by atoms with Gasteiger partial charge in [0.2, 0.25) is 0 Å². The molecule has 20 heavy (non-hydrogen) atoms. The quantitative estimate of drug-likeness (QED) is 0.758. The van der Waals surface area contributed by atoms with Gasteiger partial charge in [-0.05, 0) is 36.7 Å². The third kappa shape index (κ3) is 5.42. The maximum atomic E-state index is 12.0. The van der Waals surface area contributed by atoms with E-state index in [2.05, 4.69) is 5.32 Å². The molecule has 2 rings (SSSR count). The van der Waals surface area contributed by atoms with Crippen molar-refractivity contribution in [2.75, 3.05) is 12.4 Å². The summed E-state index contributed by atoms with van der Waals surface area (Å²) in [5.74, 6) is 0.416. The first-order valence-corrected chi connectivity index (χ1v) is 7.66. The maximum absolute atomic E-state index is 12.0. The summed E-state index contributed by atoms with van der Waals surface area (Å²) in [6, 6.07) is 5.74. The van der Waals surface area contributed by atoms with Crippen molar-refractivity contribution in [3.63, 3.8) is 0 Å². The molecule has 0 bridgehead atoms. The fraction of sp³-hybridized carbons (Fsp3) is 0.538. The van der Waals surface area contributed by atoms with E-state index in [1.54, 1.807) is 18.2 Å². The van der Waals surface area contributed by atoms with Gasteiger partial charge >= 0.3 is 5.51 Å². The third-order valence-electron chi connectivity index (χ3n) is 2.83. The van der Waals surface area contributed by atoms with Gasteiger partial charge in [0.1, 0.15) is 5.75 Å². The molecule has 0 heterocycles. The van der Waals surface area contributed by atoms with Crippen molar-refractivity contribution in [2.45, 2.75) is 30.9 Å². The topological polar surface area (TPSA) is 21.3 Å². The summed E-state index contributed by atoms with van der Waals surface area (Å²) in [6.07, 6.45) is 2.31. The van der Waals surface area contributed by atoms with Gasteiger partial charge in [-0.25, -0.2) is 0 Å². The molecule has 1 aromatic carbocycles. The van der Waals surface area contributed by atoms with E-state index in [9.17, 15) is 13.2 Å². The Morgan fingerprint density at radius 1 is 1.35 bits per heavy atom. The molecule has 1 N–H and O–H groups in total. The van der Waals surface area contributed by atoms with Crippen LogP contribution in [0.1, 0.15) is 18.4 Å². The lowest BCUT2D eigenvalue weighted by atomic mass is 10.2. The Bertz CT molecular complexity index is 452. The van der Waals surface area contributed by atoms with Gasteiger partial charge < -0.3 is 10.1 Å². The molecular weight excluding hydrogens is 311 g/mol. The van der Waals surface area contributed by atoms with Gasteiger partial charge in [-0.2, -0.15) is 13.2 Å². The molecule has 1 saturated carbocycles. The van der Waals surface area contributed by atoms with Crippen molar-refractivity contribution < 1.29 is 17.9 Å². The van der Waals surface area contributed by atoms with E-state index in [-0.39, 0.29) is 24.1 Å². The highest BCUT2D eigenvalue weighted by atomic mass is 35.5. The van der Waals surface area contributed by atoms with Crippen LogP contribution in [0.2, 0.25) is 5.02 Å². The SMILES string of the molecule is FC(F)(F)SCCOc1cccc(Cl)c1CNC1CC1. The van der Waals surface area contributed by atoms with E-state index in [1.165, 1.54) is 0 Å². The zero-order valence-electron chi connectivity index (χ0n) is 10.7. The lowest BCUT2D eigenvalue weighted by Crippen LogP contribution is -2.17. The van der Waals surface area contributed by atoms with Crippen LogP contribution < -0.4 is 10.1 Å². The maximum Gasteiger partial charge on any atom is 0.441 e. The number of benzene rings is 1. The second-order valence-corrected chi connectivity index (χ2v) is 6.08. The molecule has 0 aliphatic heterocycles. The van der Waals surface area contributed by atoms with Crippen molar-refractivity contribution in [1.82, 2.24) is 5.32 Å². The first kappa shape index (κ1) is 15.8. The number of ether oxygens (including phenoxy) is 1. The molecule has 7 heteroatoms. The predicted molar refractivity (Wildman–Crippen MR) is 75.3 cm³/mol. The molecule has 0 saturated heterocycles. The highest BCUT2D eigenvalue weighted by molar-refractivity contribution is 8.00. The molecule has 1 fully saturated rings.